The largest absolute Gasteiger partial charge is 0.504 e. The third-order valence-electron chi connectivity index (χ3n) is 7.99. The summed E-state index contributed by atoms with van der Waals surface area (Å²) >= 11 is 0. The van der Waals surface area contributed by atoms with Gasteiger partial charge < -0.3 is 10.2 Å². The van der Waals surface area contributed by atoms with Crippen LogP contribution in [0.2, 0.25) is 0 Å². The molecular weight excluding hydrogens is 356 g/mol. The van der Waals surface area contributed by atoms with Crippen LogP contribution in [0.15, 0.2) is 12.1 Å². The summed E-state index contributed by atoms with van der Waals surface area (Å²) in [7, 11) is 0. The average Bonchev–Trinajstić information content (AvgIpc) is 3.63. The van der Waals surface area contributed by atoms with E-state index < -0.39 is 0 Å². The van der Waals surface area contributed by atoms with Crippen molar-refractivity contribution in [2.45, 2.75) is 123 Å². The van der Waals surface area contributed by atoms with Crippen LogP contribution in [-0.4, -0.2) is 10.2 Å². The summed E-state index contributed by atoms with van der Waals surface area (Å²) in [5.74, 6) is 0.0831. The molecule has 0 atom stereocenters. The molecule has 2 saturated carbocycles. The third-order valence-corrected chi connectivity index (χ3v) is 7.99. The molecule has 0 saturated heterocycles. The Labute approximate surface area is 179 Å². The minimum atomic E-state index is 0.0414. The van der Waals surface area contributed by atoms with Gasteiger partial charge >= 0.3 is 0 Å². The molecule has 0 amide bonds. The van der Waals surface area contributed by atoms with Crippen molar-refractivity contribution in [1.82, 2.24) is 0 Å². The van der Waals surface area contributed by atoms with E-state index in [0.29, 0.717) is 5.41 Å². The molecule has 0 unspecified atom stereocenters. The van der Waals surface area contributed by atoms with E-state index in [0.717, 1.165) is 18.3 Å². The molecule has 0 bridgehead atoms. The Morgan fingerprint density at radius 1 is 0.690 bits per heavy atom. The fourth-order valence-electron chi connectivity index (χ4n) is 4.94. The molecule has 2 aliphatic carbocycles. The molecule has 164 valence electrons. The number of aryl methyl sites for hydroxylation is 2. The van der Waals surface area contributed by atoms with Crippen LogP contribution in [0, 0.1) is 10.8 Å². The first-order valence-corrected chi connectivity index (χ1v) is 12.5. The Balaban J connectivity index is 1.35. The Morgan fingerprint density at radius 3 is 1.62 bits per heavy atom. The predicted octanol–water partition coefficient (Wildman–Crippen LogP) is 8.07. The number of phenolic OH excluding ortho intramolecular Hbond substituents is 2. The molecule has 0 heterocycles. The second-order valence-electron chi connectivity index (χ2n) is 10.6. The van der Waals surface area contributed by atoms with Crippen molar-refractivity contribution in [2.75, 3.05) is 0 Å². The Bertz CT molecular complexity index is 640. The number of phenols is 2. The van der Waals surface area contributed by atoms with Crippen molar-refractivity contribution in [3.05, 3.63) is 23.3 Å². The first-order valence-electron chi connectivity index (χ1n) is 12.5. The molecule has 2 aliphatic rings. The smallest absolute Gasteiger partial charge is 0.157 e. The maximum absolute atomic E-state index is 9.96. The summed E-state index contributed by atoms with van der Waals surface area (Å²) in [5, 5.41) is 19.9. The van der Waals surface area contributed by atoms with E-state index in [4.69, 9.17) is 0 Å². The van der Waals surface area contributed by atoms with Gasteiger partial charge in [0.15, 0.2) is 11.5 Å². The van der Waals surface area contributed by atoms with Crippen molar-refractivity contribution in [1.29, 1.82) is 0 Å². The van der Waals surface area contributed by atoms with Gasteiger partial charge in [-0.3, -0.25) is 0 Å². The van der Waals surface area contributed by atoms with Crippen LogP contribution < -0.4 is 0 Å². The van der Waals surface area contributed by atoms with E-state index in [1.54, 1.807) is 0 Å². The van der Waals surface area contributed by atoms with Gasteiger partial charge in [-0.1, -0.05) is 58.8 Å². The van der Waals surface area contributed by atoms with E-state index >= 15 is 0 Å². The quantitative estimate of drug-likeness (QED) is 0.231. The normalized spacial score (nSPS) is 18.7. The zero-order valence-electron chi connectivity index (χ0n) is 19.1. The lowest BCUT2D eigenvalue weighted by Crippen LogP contribution is -1.98. The summed E-state index contributed by atoms with van der Waals surface area (Å²) in [6, 6.07) is 3.63. The highest BCUT2D eigenvalue weighted by Crippen LogP contribution is 2.52. The maximum atomic E-state index is 9.96. The minimum absolute atomic E-state index is 0.0414. The molecule has 2 nitrogen and oxygen atoms in total. The van der Waals surface area contributed by atoms with Crippen molar-refractivity contribution in [2.24, 2.45) is 10.8 Å². The molecule has 2 heteroatoms. The number of benzene rings is 1. The third kappa shape index (κ3) is 7.23. The summed E-state index contributed by atoms with van der Waals surface area (Å²) in [6.07, 6.45) is 22.4. The van der Waals surface area contributed by atoms with Crippen molar-refractivity contribution in [3.8, 4) is 11.5 Å². The molecule has 0 aromatic heterocycles. The Morgan fingerprint density at radius 2 is 1.17 bits per heavy atom. The Hall–Kier alpha value is -1.18. The van der Waals surface area contributed by atoms with Crippen molar-refractivity contribution in [3.63, 3.8) is 0 Å². The first kappa shape index (κ1) is 22.5. The predicted molar refractivity (Wildman–Crippen MR) is 123 cm³/mol. The van der Waals surface area contributed by atoms with E-state index in [9.17, 15) is 10.2 Å². The zero-order valence-corrected chi connectivity index (χ0v) is 19.1. The highest BCUT2D eigenvalue weighted by molar-refractivity contribution is 5.45. The van der Waals surface area contributed by atoms with Gasteiger partial charge in [0, 0.05) is 0 Å². The molecule has 1 aromatic rings. The van der Waals surface area contributed by atoms with Crippen LogP contribution in [0.25, 0.3) is 0 Å². The van der Waals surface area contributed by atoms with Gasteiger partial charge in [-0.25, -0.2) is 0 Å². The molecule has 2 fully saturated rings. The van der Waals surface area contributed by atoms with E-state index in [-0.39, 0.29) is 11.5 Å². The highest BCUT2D eigenvalue weighted by atomic mass is 16.3. The molecule has 1 aromatic carbocycles. The van der Waals surface area contributed by atoms with Crippen molar-refractivity contribution >= 4 is 0 Å². The Kier molecular flexibility index (Phi) is 7.93. The van der Waals surface area contributed by atoms with E-state index in [1.165, 1.54) is 107 Å². The number of hydrogen-bond donors (Lipinski definition) is 2. The van der Waals surface area contributed by atoms with Gasteiger partial charge in [0.05, 0.1) is 0 Å². The van der Waals surface area contributed by atoms with Gasteiger partial charge in [0.25, 0.3) is 0 Å². The molecular formula is C27H44O2. The number of rotatable bonds is 15. The zero-order chi connectivity index (χ0) is 20.7. The molecule has 0 radical (unpaired) electrons. The van der Waals surface area contributed by atoms with Gasteiger partial charge in [-0.15, -0.1) is 0 Å². The van der Waals surface area contributed by atoms with Crippen molar-refractivity contribution < 1.29 is 10.2 Å². The maximum Gasteiger partial charge on any atom is 0.157 e. The summed E-state index contributed by atoms with van der Waals surface area (Å²) < 4.78 is 0. The molecule has 3 rings (SSSR count). The van der Waals surface area contributed by atoms with Crippen LogP contribution in [0.4, 0.5) is 0 Å². The topological polar surface area (TPSA) is 40.5 Å². The summed E-state index contributed by atoms with van der Waals surface area (Å²) in [6.45, 7) is 4.77. The molecule has 29 heavy (non-hydrogen) atoms. The number of unbranched alkanes of at least 4 members (excludes halogenated alkanes) is 6. The lowest BCUT2D eigenvalue weighted by molar-refractivity contribution is 0.402. The average molecular weight is 401 g/mol. The van der Waals surface area contributed by atoms with Crippen LogP contribution in [0.1, 0.15) is 121 Å². The van der Waals surface area contributed by atoms with Gasteiger partial charge in [-0.05, 0) is 98.3 Å². The number of hydrogen-bond acceptors (Lipinski definition) is 2. The fourth-order valence-corrected chi connectivity index (χ4v) is 4.94. The summed E-state index contributed by atoms with van der Waals surface area (Å²) in [5.41, 5.74) is 3.91. The van der Waals surface area contributed by atoms with Gasteiger partial charge in [0.2, 0.25) is 0 Å². The SMILES string of the molecule is CCC1(CCCCCCc2cc(O)c(O)cc2CCCCCCC2(C)CC2)CC1. The monoisotopic (exact) mass is 400 g/mol. The van der Waals surface area contributed by atoms with Crippen LogP contribution >= 0.6 is 0 Å². The van der Waals surface area contributed by atoms with E-state index in [2.05, 4.69) is 13.8 Å². The van der Waals surface area contributed by atoms with Crippen LogP contribution in [0.5, 0.6) is 11.5 Å². The second kappa shape index (κ2) is 10.2. The fraction of sp³-hybridized carbons (Fsp3) is 0.778. The first-order chi connectivity index (χ1) is 14.0. The minimum Gasteiger partial charge on any atom is -0.504 e. The molecule has 2 N–H and O–H groups in total. The van der Waals surface area contributed by atoms with Gasteiger partial charge in [0.1, 0.15) is 0 Å². The lowest BCUT2D eigenvalue weighted by atomic mass is 9.93. The number of aromatic hydroxyl groups is 2. The van der Waals surface area contributed by atoms with Gasteiger partial charge in [-0.2, -0.15) is 0 Å². The second-order valence-corrected chi connectivity index (χ2v) is 10.6. The van der Waals surface area contributed by atoms with Crippen LogP contribution in [-0.2, 0) is 12.8 Å². The summed E-state index contributed by atoms with van der Waals surface area (Å²) in [4.78, 5) is 0. The highest BCUT2D eigenvalue weighted by Gasteiger charge is 2.39. The standard InChI is InChI=1S/C27H44O2/c1-3-27(18-19-27)15-11-7-5-9-13-23-21-25(29)24(28)20-22(23)12-8-4-6-10-14-26(2)16-17-26/h20-21,28-29H,3-19H2,1-2H3. The molecule has 0 spiro atoms. The van der Waals surface area contributed by atoms with E-state index in [1.807, 2.05) is 12.1 Å². The lowest BCUT2D eigenvalue weighted by Gasteiger charge is -2.13. The van der Waals surface area contributed by atoms with Crippen LogP contribution in [0.3, 0.4) is 0 Å². The molecule has 0 aliphatic heterocycles.